The van der Waals surface area contributed by atoms with Gasteiger partial charge in [-0.2, -0.15) is 5.10 Å². The molecule has 0 atom stereocenters. The predicted molar refractivity (Wildman–Crippen MR) is 135 cm³/mol. The lowest BCUT2D eigenvalue weighted by Crippen LogP contribution is -2.08. The first-order valence-electron chi connectivity index (χ1n) is 13.0. The molecular formula is C27H34N8. The lowest BCUT2D eigenvalue weighted by molar-refractivity contribution is 0.337. The number of hydrogen-bond donors (Lipinski definition) is 1. The Labute approximate surface area is 206 Å². The van der Waals surface area contributed by atoms with Crippen LogP contribution in [0.4, 0.5) is 0 Å². The molecule has 0 spiro atoms. The van der Waals surface area contributed by atoms with Gasteiger partial charge in [0.15, 0.2) is 11.6 Å². The average Bonchev–Trinajstić information content (AvgIpc) is 3.58. The van der Waals surface area contributed by atoms with E-state index < -0.39 is 0 Å². The van der Waals surface area contributed by atoms with E-state index in [4.69, 9.17) is 10.1 Å². The Hall–Kier alpha value is -3.42. The van der Waals surface area contributed by atoms with Gasteiger partial charge in [0, 0.05) is 24.6 Å². The van der Waals surface area contributed by atoms with Crippen LogP contribution >= 0.6 is 0 Å². The molecule has 1 aliphatic rings. The van der Waals surface area contributed by atoms with Crippen LogP contribution < -0.4 is 0 Å². The van der Waals surface area contributed by atoms with Gasteiger partial charge in [-0.25, -0.2) is 14.8 Å². The second-order valence-corrected chi connectivity index (χ2v) is 9.59. The third-order valence-corrected chi connectivity index (χ3v) is 7.02. The van der Waals surface area contributed by atoms with Gasteiger partial charge in [-0.05, 0) is 46.4 Å². The van der Waals surface area contributed by atoms with Crippen LogP contribution in [-0.2, 0) is 19.4 Å². The van der Waals surface area contributed by atoms with Crippen LogP contribution in [0.1, 0.15) is 75.5 Å². The summed E-state index contributed by atoms with van der Waals surface area (Å²) >= 11 is 0. The third kappa shape index (κ3) is 5.81. The molecule has 0 unspecified atom stereocenters. The molecule has 1 saturated carbocycles. The van der Waals surface area contributed by atoms with Gasteiger partial charge in [-0.15, -0.1) is 5.10 Å². The van der Waals surface area contributed by atoms with Gasteiger partial charge in [0.05, 0.1) is 6.54 Å². The van der Waals surface area contributed by atoms with Crippen molar-refractivity contribution in [3.63, 3.8) is 0 Å². The van der Waals surface area contributed by atoms with Crippen molar-refractivity contribution in [2.24, 2.45) is 5.92 Å². The lowest BCUT2D eigenvalue weighted by Gasteiger charge is -2.20. The first-order valence-corrected chi connectivity index (χ1v) is 13.0. The van der Waals surface area contributed by atoms with Crippen LogP contribution in [0.25, 0.3) is 22.6 Å². The molecule has 1 aromatic carbocycles. The molecule has 3 heterocycles. The molecule has 8 nitrogen and oxygen atoms in total. The highest BCUT2D eigenvalue weighted by atomic mass is 15.5. The van der Waals surface area contributed by atoms with Crippen molar-refractivity contribution >= 4 is 0 Å². The fourth-order valence-electron chi connectivity index (χ4n) is 5.04. The predicted octanol–water partition coefficient (Wildman–Crippen LogP) is 5.42. The minimum atomic E-state index is 0.564. The summed E-state index contributed by atoms with van der Waals surface area (Å²) in [5, 5.41) is 19.2. The van der Waals surface area contributed by atoms with Crippen LogP contribution in [0, 0.1) is 5.92 Å². The summed E-state index contributed by atoms with van der Waals surface area (Å²) < 4.78 is 2.12. The number of aryl methyl sites for hydroxylation is 2. The molecule has 1 fully saturated rings. The second kappa shape index (κ2) is 11.3. The molecule has 4 aromatic rings. The van der Waals surface area contributed by atoms with E-state index in [0.717, 1.165) is 66.6 Å². The number of rotatable bonds is 10. The second-order valence-electron chi connectivity index (χ2n) is 9.59. The van der Waals surface area contributed by atoms with Gasteiger partial charge < -0.3 is 0 Å². The van der Waals surface area contributed by atoms with E-state index in [1.165, 1.54) is 44.1 Å². The summed E-state index contributed by atoms with van der Waals surface area (Å²) in [6.45, 7) is 2.96. The van der Waals surface area contributed by atoms with Gasteiger partial charge in [0.2, 0.25) is 0 Å². The molecule has 1 N–H and O–H groups in total. The average molecular weight is 471 g/mol. The molecule has 0 bridgehead atoms. The minimum absolute atomic E-state index is 0.564. The molecule has 5 rings (SSSR count). The normalized spacial score (nSPS) is 14.4. The molecule has 182 valence electrons. The van der Waals surface area contributed by atoms with Crippen LogP contribution in [0.3, 0.4) is 0 Å². The Balaban J connectivity index is 1.31. The fourth-order valence-corrected chi connectivity index (χ4v) is 5.04. The van der Waals surface area contributed by atoms with E-state index >= 15 is 0 Å². The van der Waals surface area contributed by atoms with E-state index in [0.29, 0.717) is 5.82 Å². The number of hydrogen-bond acceptors (Lipinski definition) is 6. The first-order chi connectivity index (χ1) is 17.3. The number of pyridine rings is 1. The van der Waals surface area contributed by atoms with Crippen molar-refractivity contribution in [3.8, 4) is 22.6 Å². The Kier molecular flexibility index (Phi) is 7.56. The summed E-state index contributed by atoms with van der Waals surface area (Å²) in [6, 6.07) is 12.6. The van der Waals surface area contributed by atoms with Crippen molar-refractivity contribution in [3.05, 3.63) is 59.8 Å². The highest BCUT2D eigenvalue weighted by Crippen LogP contribution is 2.29. The molecule has 0 radical (unpaired) electrons. The van der Waals surface area contributed by atoms with E-state index in [1.807, 2.05) is 12.1 Å². The van der Waals surface area contributed by atoms with Gasteiger partial charge >= 0.3 is 0 Å². The number of aromatic nitrogens is 8. The molecule has 35 heavy (non-hydrogen) atoms. The zero-order valence-electron chi connectivity index (χ0n) is 20.5. The maximum atomic E-state index is 4.95. The molecule has 1 aliphatic carbocycles. The maximum Gasteiger partial charge on any atom is 0.198 e. The number of nitrogens with one attached hydrogen (secondary N) is 1. The Morgan fingerprint density at radius 2 is 1.89 bits per heavy atom. The zero-order valence-corrected chi connectivity index (χ0v) is 20.5. The van der Waals surface area contributed by atoms with E-state index in [2.05, 4.69) is 61.5 Å². The highest BCUT2D eigenvalue weighted by Gasteiger charge is 2.16. The minimum Gasteiger partial charge on any atom is -0.252 e. The quantitative estimate of drug-likeness (QED) is 0.332. The van der Waals surface area contributed by atoms with Gasteiger partial charge in [0.25, 0.3) is 0 Å². The SMILES string of the molecule is CCCCc1nc(CCC2CCCCC2)nn1Cc1ccc(-c2cccnc2-c2nnn[nH]2)cc1. The fraction of sp³-hybridized carbons (Fsp3) is 0.481. The van der Waals surface area contributed by atoms with Crippen molar-refractivity contribution in [1.82, 2.24) is 40.4 Å². The summed E-state index contributed by atoms with van der Waals surface area (Å²) in [6.07, 6.45) is 14.2. The van der Waals surface area contributed by atoms with Crippen LogP contribution in [0.5, 0.6) is 0 Å². The van der Waals surface area contributed by atoms with Crippen LogP contribution in [-0.4, -0.2) is 40.4 Å². The number of benzene rings is 1. The Morgan fingerprint density at radius 3 is 2.66 bits per heavy atom. The number of unbranched alkanes of at least 4 members (excludes halogenated alkanes) is 1. The number of aromatic amines is 1. The van der Waals surface area contributed by atoms with E-state index in [1.54, 1.807) is 6.20 Å². The summed E-state index contributed by atoms with van der Waals surface area (Å²) in [5.41, 5.74) is 4.02. The monoisotopic (exact) mass is 470 g/mol. The molecule has 8 heteroatoms. The van der Waals surface area contributed by atoms with E-state index in [9.17, 15) is 0 Å². The smallest absolute Gasteiger partial charge is 0.198 e. The van der Waals surface area contributed by atoms with Crippen molar-refractivity contribution < 1.29 is 0 Å². The van der Waals surface area contributed by atoms with Crippen molar-refractivity contribution in [2.45, 2.75) is 77.7 Å². The Bertz CT molecular complexity index is 1190. The zero-order chi connectivity index (χ0) is 23.9. The summed E-state index contributed by atoms with van der Waals surface area (Å²) in [4.78, 5) is 9.44. The van der Waals surface area contributed by atoms with E-state index in [-0.39, 0.29) is 0 Å². The Morgan fingerprint density at radius 1 is 1.03 bits per heavy atom. The topological polar surface area (TPSA) is 98.1 Å². The molecule has 3 aromatic heterocycles. The van der Waals surface area contributed by atoms with Gasteiger partial charge in [0.1, 0.15) is 11.5 Å². The largest absolute Gasteiger partial charge is 0.252 e. The van der Waals surface area contributed by atoms with Gasteiger partial charge in [-0.3, -0.25) is 4.98 Å². The highest BCUT2D eigenvalue weighted by molar-refractivity contribution is 5.77. The summed E-state index contributed by atoms with van der Waals surface area (Å²) in [5.74, 6) is 3.54. The van der Waals surface area contributed by atoms with Crippen LogP contribution in [0.2, 0.25) is 0 Å². The van der Waals surface area contributed by atoms with Gasteiger partial charge in [-0.1, -0.05) is 75.8 Å². The number of tetrazole rings is 1. The standard InChI is InChI=1S/C27H34N8/c1-2-3-11-25-29-24(17-14-20-8-5-4-6-9-20)32-35(25)19-21-12-15-22(16-13-21)23-10-7-18-28-26(23)27-30-33-34-31-27/h7,10,12-13,15-16,18,20H,2-6,8-9,11,14,17,19H2,1H3,(H,30,31,33,34). The third-order valence-electron chi connectivity index (χ3n) is 7.02. The molecule has 0 saturated heterocycles. The molecule has 0 amide bonds. The lowest BCUT2D eigenvalue weighted by atomic mass is 9.86. The molecule has 0 aliphatic heterocycles. The molecular weight excluding hydrogens is 436 g/mol. The van der Waals surface area contributed by atoms with Crippen molar-refractivity contribution in [1.29, 1.82) is 0 Å². The van der Waals surface area contributed by atoms with Crippen LogP contribution in [0.15, 0.2) is 42.6 Å². The maximum absolute atomic E-state index is 4.95. The number of nitrogens with zero attached hydrogens (tertiary/aromatic N) is 7. The van der Waals surface area contributed by atoms with Crippen molar-refractivity contribution in [2.75, 3.05) is 0 Å². The first kappa shape index (κ1) is 23.3. The summed E-state index contributed by atoms with van der Waals surface area (Å²) in [7, 11) is 0. The number of H-pyrrole nitrogens is 1.